The zero-order valence-corrected chi connectivity index (χ0v) is 12.9. The minimum Gasteiger partial charge on any atom is -0.497 e. The molecule has 2 aromatic rings. The molecule has 2 atom stereocenters. The van der Waals surface area contributed by atoms with E-state index >= 15 is 0 Å². The molecule has 0 radical (unpaired) electrons. The third kappa shape index (κ3) is 3.76. The summed E-state index contributed by atoms with van der Waals surface area (Å²) in [6.07, 6.45) is 0.687. The summed E-state index contributed by atoms with van der Waals surface area (Å²) in [6, 6.07) is 15.8. The van der Waals surface area contributed by atoms with Crippen LogP contribution < -0.4 is 15.2 Å². The standard InChI is InChI=1S/C18H23NO2/c1-4-17(19)18(16-11-6-5-8-13(16)2)21-15-10-7-9-14(12-15)20-3/h5-12,17-18H,4,19H2,1-3H3. The first-order valence-corrected chi connectivity index (χ1v) is 7.27. The van der Waals surface area contributed by atoms with Crippen molar-refractivity contribution in [1.82, 2.24) is 0 Å². The molecule has 0 amide bonds. The third-order valence-electron chi connectivity index (χ3n) is 3.66. The van der Waals surface area contributed by atoms with Crippen molar-refractivity contribution in [3.05, 3.63) is 59.7 Å². The van der Waals surface area contributed by atoms with Gasteiger partial charge >= 0.3 is 0 Å². The maximum atomic E-state index is 6.28. The van der Waals surface area contributed by atoms with E-state index in [4.69, 9.17) is 15.2 Å². The Balaban J connectivity index is 2.31. The van der Waals surface area contributed by atoms with Gasteiger partial charge in [-0.1, -0.05) is 37.3 Å². The van der Waals surface area contributed by atoms with E-state index in [0.717, 1.165) is 23.5 Å². The van der Waals surface area contributed by atoms with Gasteiger partial charge in [-0.05, 0) is 36.6 Å². The summed E-state index contributed by atoms with van der Waals surface area (Å²) in [6.45, 7) is 4.16. The Morgan fingerprint density at radius 3 is 2.43 bits per heavy atom. The molecule has 0 aromatic heterocycles. The molecule has 0 bridgehead atoms. The summed E-state index contributed by atoms with van der Waals surface area (Å²) in [5.74, 6) is 1.55. The Labute approximate surface area is 126 Å². The second-order valence-electron chi connectivity index (χ2n) is 5.15. The number of hydrogen-bond acceptors (Lipinski definition) is 3. The van der Waals surface area contributed by atoms with Gasteiger partial charge in [-0.25, -0.2) is 0 Å². The van der Waals surface area contributed by atoms with Crippen LogP contribution in [0.1, 0.15) is 30.6 Å². The van der Waals surface area contributed by atoms with Crippen LogP contribution in [0.2, 0.25) is 0 Å². The van der Waals surface area contributed by atoms with Gasteiger partial charge in [0, 0.05) is 12.1 Å². The van der Waals surface area contributed by atoms with Crippen molar-refractivity contribution in [3.8, 4) is 11.5 Å². The normalized spacial score (nSPS) is 13.5. The molecule has 0 heterocycles. The first-order chi connectivity index (χ1) is 10.2. The Morgan fingerprint density at radius 1 is 1.05 bits per heavy atom. The van der Waals surface area contributed by atoms with Crippen LogP contribution in [0.3, 0.4) is 0 Å². The highest BCUT2D eigenvalue weighted by molar-refractivity contribution is 5.35. The second kappa shape index (κ2) is 7.14. The van der Waals surface area contributed by atoms with Gasteiger partial charge in [-0.2, -0.15) is 0 Å². The molecular weight excluding hydrogens is 262 g/mol. The minimum atomic E-state index is -0.164. The highest BCUT2D eigenvalue weighted by Crippen LogP contribution is 2.29. The first kappa shape index (κ1) is 15.4. The number of aryl methyl sites for hydroxylation is 1. The highest BCUT2D eigenvalue weighted by atomic mass is 16.5. The highest BCUT2D eigenvalue weighted by Gasteiger charge is 2.22. The summed E-state index contributed by atoms with van der Waals surface area (Å²) in [7, 11) is 1.65. The van der Waals surface area contributed by atoms with Gasteiger partial charge in [0.25, 0.3) is 0 Å². The van der Waals surface area contributed by atoms with Crippen molar-refractivity contribution in [1.29, 1.82) is 0 Å². The average Bonchev–Trinajstić information content (AvgIpc) is 2.53. The van der Waals surface area contributed by atoms with Crippen molar-refractivity contribution < 1.29 is 9.47 Å². The molecule has 0 spiro atoms. The fraction of sp³-hybridized carbons (Fsp3) is 0.333. The molecule has 0 fully saturated rings. The molecule has 2 unspecified atom stereocenters. The molecule has 0 aliphatic heterocycles. The number of nitrogens with two attached hydrogens (primary N) is 1. The lowest BCUT2D eigenvalue weighted by atomic mass is 9.97. The van der Waals surface area contributed by atoms with E-state index in [0.29, 0.717) is 0 Å². The zero-order valence-electron chi connectivity index (χ0n) is 12.9. The quantitative estimate of drug-likeness (QED) is 0.876. The summed E-state index contributed by atoms with van der Waals surface area (Å²) < 4.78 is 11.4. The predicted molar refractivity (Wildman–Crippen MR) is 85.8 cm³/mol. The molecule has 21 heavy (non-hydrogen) atoms. The fourth-order valence-electron chi connectivity index (χ4n) is 2.32. The Bertz CT molecular complexity index is 583. The predicted octanol–water partition coefficient (Wildman–Crippen LogP) is 3.86. The van der Waals surface area contributed by atoms with Gasteiger partial charge < -0.3 is 15.2 Å². The van der Waals surface area contributed by atoms with Crippen LogP contribution in [-0.4, -0.2) is 13.2 Å². The van der Waals surface area contributed by atoms with Gasteiger partial charge in [-0.3, -0.25) is 0 Å². The Morgan fingerprint density at radius 2 is 1.76 bits per heavy atom. The molecule has 3 heteroatoms. The van der Waals surface area contributed by atoms with Crippen molar-refractivity contribution in [2.75, 3.05) is 7.11 Å². The number of ether oxygens (including phenoxy) is 2. The second-order valence-corrected chi connectivity index (χ2v) is 5.15. The lowest BCUT2D eigenvalue weighted by molar-refractivity contribution is 0.170. The van der Waals surface area contributed by atoms with Crippen molar-refractivity contribution >= 4 is 0 Å². The summed E-state index contributed by atoms with van der Waals surface area (Å²) in [5, 5.41) is 0. The van der Waals surface area contributed by atoms with Crippen molar-refractivity contribution in [2.24, 2.45) is 5.73 Å². The number of rotatable bonds is 6. The van der Waals surface area contributed by atoms with E-state index in [2.05, 4.69) is 26.0 Å². The molecule has 2 N–H and O–H groups in total. The van der Waals surface area contributed by atoms with Gasteiger partial charge in [0.05, 0.1) is 7.11 Å². The fourth-order valence-corrected chi connectivity index (χ4v) is 2.32. The van der Waals surface area contributed by atoms with Crippen LogP contribution in [0.4, 0.5) is 0 Å². The van der Waals surface area contributed by atoms with E-state index < -0.39 is 0 Å². The third-order valence-corrected chi connectivity index (χ3v) is 3.66. The maximum Gasteiger partial charge on any atom is 0.139 e. The van der Waals surface area contributed by atoms with Crippen LogP contribution in [0.25, 0.3) is 0 Å². The summed E-state index contributed by atoms with van der Waals surface area (Å²) in [5.41, 5.74) is 8.60. The van der Waals surface area contributed by atoms with E-state index in [1.54, 1.807) is 7.11 Å². The molecule has 0 saturated carbocycles. The first-order valence-electron chi connectivity index (χ1n) is 7.27. The van der Waals surface area contributed by atoms with Crippen molar-refractivity contribution in [2.45, 2.75) is 32.4 Å². The summed E-state index contributed by atoms with van der Waals surface area (Å²) >= 11 is 0. The molecular formula is C18H23NO2. The van der Waals surface area contributed by atoms with Crippen LogP contribution in [0, 0.1) is 6.92 Å². The van der Waals surface area contributed by atoms with Crippen LogP contribution in [0.15, 0.2) is 48.5 Å². The lowest BCUT2D eigenvalue weighted by Gasteiger charge is -2.26. The van der Waals surface area contributed by atoms with Gasteiger partial charge in [0.15, 0.2) is 0 Å². The largest absolute Gasteiger partial charge is 0.497 e. The smallest absolute Gasteiger partial charge is 0.139 e. The van der Waals surface area contributed by atoms with E-state index in [1.165, 1.54) is 5.56 Å². The SMILES string of the molecule is CCC(N)C(Oc1cccc(OC)c1)c1ccccc1C. The van der Waals surface area contributed by atoms with Gasteiger partial charge in [0.1, 0.15) is 17.6 Å². The van der Waals surface area contributed by atoms with E-state index in [1.807, 2.05) is 36.4 Å². The average molecular weight is 285 g/mol. The zero-order chi connectivity index (χ0) is 15.2. The summed E-state index contributed by atoms with van der Waals surface area (Å²) in [4.78, 5) is 0. The monoisotopic (exact) mass is 285 g/mol. The molecule has 2 aromatic carbocycles. The van der Waals surface area contributed by atoms with E-state index in [9.17, 15) is 0 Å². The number of benzene rings is 2. The molecule has 0 aliphatic carbocycles. The molecule has 112 valence electrons. The Hall–Kier alpha value is -2.00. The maximum absolute atomic E-state index is 6.28. The van der Waals surface area contributed by atoms with E-state index in [-0.39, 0.29) is 12.1 Å². The minimum absolute atomic E-state index is 0.0581. The molecule has 0 saturated heterocycles. The molecule has 3 nitrogen and oxygen atoms in total. The molecule has 0 aliphatic rings. The Kier molecular flexibility index (Phi) is 5.23. The van der Waals surface area contributed by atoms with Gasteiger partial charge in [-0.15, -0.1) is 0 Å². The van der Waals surface area contributed by atoms with Crippen molar-refractivity contribution in [3.63, 3.8) is 0 Å². The topological polar surface area (TPSA) is 44.5 Å². The molecule has 2 rings (SSSR count). The van der Waals surface area contributed by atoms with Crippen LogP contribution >= 0.6 is 0 Å². The van der Waals surface area contributed by atoms with Crippen LogP contribution in [0.5, 0.6) is 11.5 Å². The lowest BCUT2D eigenvalue weighted by Crippen LogP contribution is -2.32. The number of methoxy groups -OCH3 is 1. The van der Waals surface area contributed by atoms with Gasteiger partial charge in [0.2, 0.25) is 0 Å². The van der Waals surface area contributed by atoms with Crippen LogP contribution in [-0.2, 0) is 0 Å². The number of hydrogen-bond donors (Lipinski definition) is 1.